The normalized spacial score (nSPS) is 22.2. The Kier molecular flexibility index (Phi) is 3.77. The summed E-state index contributed by atoms with van der Waals surface area (Å²) in [5.41, 5.74) is 1.83. The van der Waals surface area contributed by atoms with Crippen LogP contribution in [0.25, 0.3) is 11.1 Å². The SMILES string of the molecule is CO[C@H]1CCN2C(=O)c3cc(-c4ccccc4F)ccc3NC(=O)[C@H]12. The molecule has 2 aromatic carbocycles. The van der Waals surface area contributed by atoms with Crippen LogP contribution in [0.3, 0.4) is 0 Å². The Morgan fingerprint density at radius 3 is 2.72 bits per heavy atom. The van der Waals surface area contributed by atoms with E-state index in [1.807, 2.05) is 0 Å². The zero-order valence-corrected chi connectivity index (χ0v) is 13.7. The van der Waals surface area contributed by atoms with Gasteiger partial charge >= 0.3 is 0 Å². The molecule has 0 radical (unpaired) electrons. The van der Waals surface area contributed by atoms with Crippen LogP contribution in [0.5, 0.6) is 0 Å². The Balaban J connectivity index is 1.79. The van der Waals surface area contributed by atoms with Gasteiger partial charge in [0.1, 0.15) is 11.9 Å². The first-order valence-electron chi connectivity index (χ1n) is 8.13. The summed E-state index contributed by atoms with van der Waals surface area (Å²) in [5.74, 6) is -0.850. The molecule has 0 unspecified atom stereocenters. The number of fused-ring (bicyclic) bond motifs is 2. The number of carbonyl (C=O) groups excluding carboxylic acids is 2. The minimum atomic E-state index is -0.637. The van der Waals surface area contributed by atoms with Crippen molar-refractivity contribution in [1.82, 2.24) is 4.90 Å². The van der Waals surface area contributed by atoms with Crippen LogP contribution in [0, 0.1) is 5.82 Å². The lowest BCUT2D eigenvalue weighted by molar-refractivity contribution is -0.122. The number of methoxy groups -OCH3 is 1. The first-order valence-corrected chi connectivity index (χ1v) is 8.13. The molecule has 0 bridgehead atoms. The van der Waals surface area contributed by atoms with E-state index in [-0.39, 0.29) is 23.7 Å². The third-order valence-corrected chi connectivity index (χ3v) is 4.87. The minimum Gasteiger partial charge on any atom is -0.379 e. The van der Waals surface area contributed by atoms with Crippen molar-refractivity contribution in [3.8, 4) is 11.1 Å². The maximum absolute atomic E-state index is 14.1. The number of nitrogens with one attached hydrogen (secondary N) is 1. The second-order valence-electron chi connectivity index (χ2n) is 6.24. The van der Waals surface area contributed by atoms with Gasteiger partial charge in [-0.1, -0.05) is 24.3 Å². The Labute approximate surface area is 144 Å². The molecule has 0 aliphatic carbocycles. The molecule has 128 valence electrons. The van der Waals surface area contributed by atoms with E-state index in [0.29, 0.717) is 35.3 Å². The predicted molar refractivity (Wildman–Crippen MR) is 90.7 cm³/mol. The van der Waals surface area contributed by atoms with Crippen LogP contribution in [0.2, 0.25) is 0 Å². The van der Waals surface area contributed by atoms with E-state index in [0.717, 1.165) is 0 Å². The van der Waals surface area contributed by atoms with Crippen LogP contribution < -0.4 is 5.32 Å². The molecule has 0 aromatic heterocycles. The molecule has 0 saturated carbocycles. The van der Waals surface area contributed by atoms with Crippen molar-refractivity contribution < 1.29 is 18.7 Å². The Hall–Kier alpha value is -2.73. The third-order valence-electron chi connectivity index (χ3n) is 4.87. The number of nitrogens with zero attached hydrogens (tertiary/aromatic N) is 1. The average molecular weight is 340 g/mol. The summed E-state index contributed by atoms with van der Waals surface area (Å²) >= 11 is 0. The van der Waals surface area contributed by atoms with Crippen LogP contribution in [-0.4, -0.2) is 42.5 Å². The van der Waals surface area contributed by atoms with Gasteiger partial charge in [0.2, 0.25) is 5.91 Å². The summed E-state index contributed by atoms with van der Waals surface area (Å²) in [6, 6.07) is 10.8. The minimum absolute atomic E-state index is 0.240. The molecule has 1 fully saturated rings. The van der Waals surface area contributed by atoms with Gasteiger partial charge in [0.15, 0.2) is 0 Å². The maximum Gasteiger partial charge on any atom is 0.256 e. The van der Waals surface area contributed by atoms with Gasteiger partial charge in [-0.25, -0.2) is 4.39 Å². The van der Waals surface area contributed by atoms with E-state index >= 15 is 0 Å². The van der Waals surface area contributed by atoms with Gasteiger partial charge < -0.3 is 15.0 Å². The van der Waals surface area contributed by atoms with Crippen molar-refractivity contribution in [2.24, 2.45) is 0 Å². The van der Waals surface area contributed by atoms with Crippen molar-refractivity contribution >= 4 is 17.5 Å². The van der Waals surface area contributed by atoms with Crippen LogP contribution >= 0.6 is 0 Å². The lowest BCUT2D eigenvalue weighted by atomic mass is 10.0. The third kappa shape index (κ3) is 2.49. The lowest BCUT2D eigenvalue weighted by Gasteiger charge is -2.23. The molecule has 2 aliphatic heterocycles. The van der Waals surface area contributed by atoms with Crippen molar-refractivity contribution in [3.63, 3.8) is 0 Å². The molecule has 25 heavy (non-hydrogen) atoms. The topological polar surface area (TPSA) is 58.6 Å². The van der Waals surface area contributed by atoms with Crippen LogP contribution in [0.1, 0.15) is 16.8 Å². The first kappa shape index (κ1) is 15.8. The summed E-state index contributed by atoms with van der Waals surface area (Å²) < 4.78 is 19.4. The molecule has 2 atom stereocenters. The molecule has 6 heteroatoms. The van der Waals surface area contributed by atoms with E-state index in [4.69, 9.17) is 4.74 Å². The van der Waals surface area contributed by atoms with E-state index in [2.05, 4.69) is 5.32 Å². The van der Waals surface area contributed by atoms with Crippen molar-refractivity contribution in [3.05, 3.63) is 53.8 Å². The van der Waals surface area contributed by atoms with Crippen LogP contribution in [0.15, 0.2) is 42.5 Å². The highest BCUT2D eigenvalue weighted by Crippen LogP contribution is 2.33. The number of benzene rings is 2. The highest BCUT2D eigenvalue weighted by molar-refractivity contribution is 6.11. The summed E-state index contributed by atoms with van der Waals surface area (Å²) in [6.45, 7) is 0.457. The number of hydrogen-bond acceptors (Lipinski definition) is 3. The van der Waals surface area contributed by atoms with Crippen molar-refractivity contribution in [2.45, 2.75) is 18.6 Å². The number of carbonyl (C=O) groups is 2. The Bertz CT molecular complexity index is 867. The summed E-state index contributed by atoms with van der Waals surface area (Å²) in [7, 11) is 1.54. The smallest absolute Gasteiger partial charge is 0.256 e. The van der Waals surface area contributed by atoms with Crippen molar-refractivity contribution in [1.29, 1.82) is 0 Å². The van der Waals surface area contributed by atoms with Gasteiger partial charge in [-0.15, -0.1) is 0 Å². The fraction of sp³-hybridized carbons (Fsp3) is 0.263. The summed E-state index contributed by atoms with van der Waals surface area (Å²) in [5, 5.41) is 2.81. The van der Waals surface area contributed by atoms with Gasteiger partial charge in [-0.2, -0.15) is 0 Å². The molecule has 0 spiro atoms. The van der Waals surface area contributed by atoms with E-state index in [1.54, 1.807) is 48.4 Å². The van der Waals surface area contributed by atoms with Gasteiger partial charge in [-0.3, -0.25) is 9.59 Å². The quantitative estimate of drug-likeness (QED) is 0.914. The van der Waals surface area contributed by atoms with Crippen LogP contribution in [-0.2, 0) is 9.53 Å². The zero-order chi connectivity index (χ0) is 17.6. The first-order chi connectivity index (χ1) is 12.1. The number of rotatable bonds is 2. The number of hydrogen-bond donors (Lipinski definition) is 1. The molecular weight excluding hydrogens is 323 g/mol. The van der Waals surface area contributed by atoms with E-state index < -0.39 is 6.04 Å². The molecule has 2 aliphatic rings. The van der Waals surface area contributed by atoms with E-state index in [1.165, 1.54) is 6.07 Å². The molecular formula is C19H17FN2O3. The zero-order valence-electron chi connectivity index (χ0n) is 13.7. The number of amides is 2. The van der Waals surface area contributed by atoms with Crippen LogP contribution in [0.4, 0.5) is 10.1 Å². The molecule has 1 N–H and O–H groups in total. The molecule has 4 rings (SSSR count). The molecule has 1 saturated heterocycles. The Morgan fingerprint density at radius 2 is 1.96 bits per heavy atom. The summed E-state index contributed by atoms with van der Waals surface area (Å²) in [6.07, 6.45) is 0.298. The van der Waals surface area contributed by atoms with Gasteiger partial charge in [0.05, 0.1) is 17.4 Å². The fourth-order valence-corrected chi connectivity index (χ4v) is 3.60. The monoisotopic (exact) mass is 340 g/mol. The number of ether oxygens (including phenoxy) is 1. The number of anilines is 1. The second-order valence-corrected chi connectivity index (χ2v) is 6.24. The molecule has 2 aromatic rings. The summed E-state index contributed by atoms with van der Waals surface area (Å²) in [4.78, 5) is 27.1. The van der Waals surface area contributed by atoms with Crippen molar-refractivity contribution in [2.75, 3.05) is 19.0 Å². The molecule has 2 heterocycles. The largest absolute Gasteiger partial charge is 0.379 e. The predicted octanol–water partition coefficient (Wildman–Crippen LogP) is 2.67. The van der Waals surface area contributed by atoms with Gasteiger partial charge in [0.25, 0.3) is 5.91 Å². The van der Waals surface area contributed by atoms with Gasteiger partial charge in [0, 0.05) is 19.2 Å². The lowest BCUT2D eigenvalue weighted by Crippen LogP contribution is -2.46. The fourth-order valence-electron chi connectivity index (χ4n) is 3.60. The van der Waals surface area contributed by atoms with Gasteiger partial charge in [-0.05, 0) is 30.2 Å². The molecule has 2 amide bonds. The number of halogens is 1. The maximum atomic E-state index is 14.1. The van der Waals surface area contributed by atoms with E-state index in [9.17, 15) is 14.0 Å². The standard InChI is InChI=1S/C19H17FN2O3/c1-25-16-8-9-22-17(16)18(23)21-15-7-6-11(10-13(15)19(22)24)12-4-2-3-5-14(12)20/h2-7,10,16-17H,8-9H2,1H3,(H,21,23)/t16-,17-/m0/s1. The average Bonchev–Trinajstić information content (AvgIpc) is 3.02. The molecule has 5 nitrogen and oxygen atoms in total. The second kappa shape index (κ2) is 5.97. The highest BCUT2D eigenvalue weighted by Gasteiger charge is 2.45. The Morgan fingerprint density at radius 1 is 1.16 bits per heavy atom. The highest BCUT2D eigenvalue weighted by atomic mass is 19.1.